The molecule has 0 aliphatic heterocycles. The summed E-state index contributed by atoms with van der Waals surface area (Å²) in [7, 11) is 1.50. The Balaban J connectivity index is 0.000000465. The van der Waals surface area contributed by atoms with Gasteiger partial charge in [0.2, 0.25) is 0 Å². The van der Waals surface area contributed by atoms with Crippen LogP contribution in [0.2, 0.25) is 0 Å². The molecule has 1 aromatic carbocycles. The summed E-state index contributed by atoms with van der Waals surface area (Å²) in [5.74, 6) is 0. The van der Waals surface area contributed by atoms with Gasteiger partial charge in [0.05, 0.1) is 0 Å². The second-order valence-electron chi connectivity index (χ2n) is 7.49. The standard InChI is InChI=1S/C15H24.C7H8.C5H12O2/c1-2-3-4-5-6-7-9-12-15-13-10-8-11-14-15;1-7-5-3-2-4-6-7;1-3-4-5(6)7-2/h8,10-11,13-14H,2-7,9,12H2,1H3;2-5H,1,6H2;5-6H,3-4H2,1-2H3. The zero-order valence-electron chi connectivity index (χ0n) is 19.1. The van der Waals surface area contributed by atoms with Gasteiger partial charge in [-0.3, -0.25) is 0 Å². The van der Waals surface area contributed by atoms with E-state index in [0.29, 0.717) is 0 Å². The molecule has 0 aromatic heterocycles. The third kappa shape index (κ3) is 19.4. The Morgan fingerprint density at radius 2 is 1.59 bits per heavy atom. The van der Waals surface area contributed by atoms with Crippen LogP contribution in [0.1, 0.15) is 83.6 Å². The van der Waals surface area contributed by atoms with Crippen molar-refractivity contribution >= 4 is 0 Å². The molecular formula is C27H44O2. The molecule has 0 saturated heterocycles. The second-order valence-corrected chi connectivity index (χ2v) is 7.49. The number of hydrogen-bond acceptors (Lipinski definition) is 2. The molecule has 0 fully saturated rings. The first-order chi connectivity index (χ1) is 14.1. The fraction of sp³-hybridized carbons (Fsp3) is 0.556. The molecule has 2 rings (SSSR count). The molecule has 29 heavy (non-hydrogen) atoms. The second kappa shape index (κ2) is 21.1. The SMILES string of the molecule is C=C1C=CC=CC1.CCCC(O)OC.CCCCCCCCCc1ccccc1. The lowest BCUT2D eigenvalue weighted by molar-refractivity contribution is -0.0783. The Labute approximate surface area is 180 Å². The number of aliphatic hydroxyl groups excluding tert-OH is 1. The van der Waals surface area contributed by atoms with Gasteiger partial charge in [-0.25, -0.2) is 0 Å². The van der Waals surface area contributed by atoms with Gasteiger partial charge in [0, 0.05) is 7.11 Å². The van der Waals surface area contributed by atoms with Crippen LogP contribution in [0.4, 0.5) is 0 Å². The Kier molecular flexibility index (Phi) is 19.9. The van der Waals surface area contributed by atoms with E-state index in [1.165, 1.54) is 69.6 Å². The highest BCUT2D eigenvalue weighted by molar-refractivity contribution is 5.26. The van der Waals surface area contributed by atoms with Crippen LogP contribution < -0.4 is 0 Å². The van der Waals surface area contributed by atoms with Gasteiger partial charge in [-0.05, 0) is 31.2 Å². The van der Waals surface area contributed by atoms with E-state index in [0.717, 1.165) is 19.3 Å². The summed E-state index contributed by atoms with van der Waals surface area (Å²) in [4.78, 5) is 0. The zero-order chi connectivity index (χ0) is 21.6. The molecule has 0 bridgehead atoms. The van der Waals surface area contributed by atoms with Gasteiger partial charge in [0.25, 0.3) is 0 Å². The molecule has 0 saturated carbocycles. The van der Waals surface area contributed by atoms with E-state index in [2.05, 4.69) is 54.6 Å². The number of hydrogen-bond donors (Lipinski definition) is 1. The zero-order valence-corrected chi connectivity index (χ0v) is 19.1. The van der Waals surface area contributed by atoms with Crippen molar-refractivity contribution in [2.45, 2.75) is 90.8 Å². The average molecular weight is 401 g/mol. The van der Waals surface area contributed by atoms with Gasteiger partial charge in [-0.1, -0.05) is 126 Å². The minimum Gasteiger partial charge on any atom is -0.368 e. The van der Waals surface area contributed by atoms with Gasteiger partial charge >= 0.3 is 0 Å². The molecule has 1 aromatic rings. The number of aryl methyl sites for hydroxylation is 1. The van der Waals surface area contributed by atoms with Crippen molar-refractivity contribution in [3.63, 3.8) is 0 Å². The maximum absolute atomic E-state index is 8.64. The molecule has 2 heteroatoms. The van der Waals surface area contributed by atoms with Crippen molar-refractivity contribution in [2.75, 3.05) is 7.11 Å². The van der Waals surface area contributed by atoms with Gasteiger partial charge in [-0.15, -0.1) is 0 Å². The highest BCUT2D eigenvalue weighted by Crippen LogP contribution is 2.10. The Bertz CT molecular complexity index is 531. The van der Waals surface area contributed by atoms with Crippen LogP contribution in [-0.4, -0.2) is 18.5 Å². The van der Waals surface area contributed by atoms with Crippen LogP contribution in [-0.2, 0) is 11.2 Å². The van der Waals surface area contributed by atoms with Crippen molar-refractivity contribution in [2.24, 2.45) is 0 Å². The van der Waals surface area contributed by atoms with E-state index in [9.17, 15) is 0 Å². The number of ether oxygens (including phenoxy) is 1. The van der Waals surface area contributed by atoms with Gasteiger partial charge < -0.3 is 9.84 Å². The van der Waals surface area contributed by atoms with Gasteiger partial charge in [0.15, 0.2) is 6.29 Å². The predicted octanol–water partition coefficient (Wildman–Crippen LogP) is 7.79. The first kappa shape index (κ1) is 27.4. The summed E-state index contributed by atoms with van der Waals surface area (Å²) in [5, 5.41) is 8.64. The van der Waals surface area contributed by atoms with Crippen molar-refractivity contribution in [3.05, 3.63) is 72.4 Å². The molecule has 1 aliphatic carbocycles. The normalized spacial score (nSPS) is 13.2. The number of methoxy groups -OCH3 is 1. The maximum Gasteiger partial charge on any atom is 0.154 e. The average Bonchev–Trinajstić information content (AvgIpc) is 2.75. The highest BCUT2D eigenvalue weighted by atomic mass is 16.6. The first-order valence-corrected chi connectivity index (χ1v) is 11.4. The lowest BCUT2D eigenvalue weighted by Crippen LogP contribution is -2.06. The number of allylic oxidation sites excluding steroid dienone is 5. The molecule has 164 valence electrons. The fourth-order valence-corrected chi connectivity index (χ4v) is 2.85. The molecule has 0 amide bonds. The van der Waals surface area contributed by atoms with Crippen LogP contribution in [0, 0.1) is 0 Å². The summed E-state index contributed by atoms with van der Waals surface area (Å²) in [5.41, 5.74) is 2.69. The van der Waals surface area contributed by atoms with Crippen molar-refractivity contribution < 1.29 is 9.84 Å². The van der Waals surface area contributed by atoms with Gasteiger partial charge in [0.1, 0.15) is 0 Å². The van der Waals surface area contributed by atoms with E-state index in [-0.39, 0.29) is 0 Å². The minimum absolute atomic E-state index is 0.551. The molecule has 0 heterocycles. The molecule has 1 aliphatic rings. The Morgan fingerprint density at radius 1 is 0.931 bits per heavy atom. The Hall–Kier alpha value is -1.64. The largest absolute Gasteiger partial charge is 0.368 e. The minimum atomic E-state index is -0.551. The molecule has 2 nitrogen and oxygen atoms in total. The topological polar surface area (TPSA) is 29.5 Å². The predicted molar refractivity (Wildman–Crippen MR) is 128 cm³/mol. The third-order valence-corrected chi connectivity index (χ3v) is 4.68. The maximum atomic E-state index is 8.64. The van der Waals surface area contributed by atoms with E-state index in [1.54, 1.807) is 0 Å². The van der Waals surface area contributed by atoms with Crippen molar-refractivity contribution in [1.29, 1.82) is 0 Å². The van der Waals surface area contributed by atoms with Crippen LogP contribution in [0.25, 0.3) is 0 Å². The van der Waals surface area contributed by atoms with E-state index < -0.39 is 6.29 Å². The van der Waals surface area contributed by atoms with Crippen molar-refractivity contribution in [1.82, 2.24) is 0 Å². The molecular weight excluding hydrogens is 356 g/mol. The molecule has 0 spiro atoms. The molecule has 0 radical (unpaired) electrons. The molecule has 1 unspecified atom stereocenters. The summed E-state index contributed by atoms with van der Waals surface area (Å²) in [6.07, 6.45) is 21.4. The number of benzene rings is 1. The monoisotopic (exact) mass is 400 g/mol. The number of aliphatic hydroxyl groups is 1. The van der Waals surface area contributed by atoms with E-state index in [4.69, 9.17) is 5.11 Å². The number of rotatable bonds is 11. The van der Waals surface area contributed by atoms with Crippen LogP contribution in [0.5, 0.6) is 0 Å². The Morgan fingerprint density at radius 3 is 2.03 bits per heavy atom. The van der Waals surface area contributed by atoms with E-state index >= 15 is 0 Å². The summed E-state index contributed by atoms with van der Waals surface area (Å²) < 4.78 is 4.55. The summed E-state index contributed by atoms with van der Waals surface area (Å²) in [6, 6.07) is 10.8. The fourth-order valence-electron chi connectivity index (χ4n) is 2.85. The highest BCUT2D eigenvalue weighted by Gasteiger charge is 1.95. The quantitative estimate of drug-likeness (QED) is 0.303. The van der Waals surface area contributed by atoms with Gasteiger partial charge in [-0.2, -0.15) is 0 Å². The number of unbranched alkanes of at least 4 members (excludes halogenated alkanes) is 6. The third-order valence-electron chi connectivity index (χ3n) is 4.68. The smallest absolute Gasteiger partial charge is 0.154 e. The molecule has 1 atom stereocenters. The summed E-state index contributed by atoms with van der Waals surface area (Å²) >= 11 is 0. The van der Waals surface area contributed by atoms with Crippen LogP contribution >= 0.6 is 0 Å². The lowest BCUT2D eigenvalue weighted by atomic mass is 10.0. The van der Waals surface area contributed by atoms with E-state index in [1.807, 2.05) is 25.2 Å². The molecule has 1 N–H and O–H groups in total. The van der Waals surface area contributed by atoms with Crippen molar-refractivity contribution in [3.8, 4) is 0 Å². The summed E-state index contributed by atoms with van der Waals surface area (Å²) in [6.45, 7) is 8.05. The lowest BCUT2D eigenvalue weighted by Gasteiger charge is -2.03. The van der Waals surface area contributed by atoms with Crippen LogP contribution in [0.15, 0.2) is 66.8 Å². The van der Waals surface area contributed by atoms with Crippen LogP contribution in [0.3, 0.4) is 0 Å². The first-order valence-electron chi connectivity index (χ1n) is 11.4.